The molecule has 1 aromatic heterocycles. The first-order valence-corrected chi connectivity index (χ1v) is 10.1. The van der Waals surface area contributed by atoms with Crippen LogP contribution in [0.1, 0.15) is 55.2 Å². The van der Waals surface area contributed by atoms with E-state index in [9.17, 15) is 14.4 Å². The number of fused-ring (bicyclic) bond motifs is 2. The molecule has 2 aliphatic heterocycles. The Balaban J connectivity index is 1.57. The van der Waals surface area contributed by atoms with Crippen LogP contribution in [0.5, 0.6) is 0 Å². The summed E-state index contributed by atoms with van der Waals surface area (Å²) in [5, 5.41) is 0.503. The van der Waals surface area contributed by atoms with E-state index in [1.807, 2.05) is 0 Å². The minimum Gasteiger partial charge on any atom is -0.449 e. The van der Waals surface area contributed by atoms with Crippen LogP contribution in [-0.4, -0.2) is 45.5 Å². The largest absolute Gasteiger partial charge is 0.449 e. The van der Waals surface area contributed by atoms with E-state index in [1.54, 1.807) is 34.6 Å². The SMILES string of the molecule is C[C@H](OC(=O)c1ccc2c(=O)n3c(nc2c1)CCCCC3)C(=O)N1CCCC1. The fourth-order valence-electron chi connectivity index (χ4n) is 4.02. The van der Waals surface area contributed by atoms with Crippen molar-refractivity contribution >= 4 is 22.8 Å². The zero-order valence-electron chi connectivity index (χ0n) is 16.1. The van der Waals surface area contributed by atoms with Gasteiger partial charge in [-0.1, -0.05) is 6.42 Å². The number of carbonyl (C=O) groups is 2. The Morgan fingerprint density at radius 3 is 2.61 bits per heavy atom. The summed E-state index contributed by atoms with van der Waals surface area (Å²) in [4.78, 5) is 44.0. The zero-order valence-corrected chi connectivity index (χ0v) is 16.1. The maximum Gasteiger partial charge on any atom is 0.338 e. The summed E-state index contributed by atoms with van der Waals surface area (Å²) in [5.41, 5.74) is 0.754. The Morgan fingerprint density at radius 1 is 1.07 bits per heavy atom. The molecule has 1 aromatic carbocycles. The van der Waals surface area contributed by atoms with Crippen LogP contribution in [0.3, 0.4) is 0 Å². The van der Waals surface area contributed by atoms with Crippen molar-refractivity contribution in [3.63, 3.8) is 0 Å². The van der Waals surface area contributed by atoms with E-state index >= 15 is 0 Å². The number of amides is 1. The van der Waals surface area contributed by atoms with Gasteiger partial charge in [0.05, 0.1) is 16.5 Å². The van der Waals surface area contributed by atoms with E-state index in [1.165, 1.54) is 0 Å². The van der Waals surface area contributed by atoms with E-state index < -0.39 is 12.1 Å². The summed E-state index contributed by atoms with van der Waals surface area (Å²) in [6.07, 6.45) is 4.99. The molecule has 4 rings (SSSR count). The maximum absolute atomic E-state index is 12.8. The lowest BCUT2D eigenvalue weighted by molar-refractivity contribution is -0.138. The topological polar surface area (TPSA) is 81.5 Å². The molecule has 0 N–H and O–H groups in total. The molecule has 148 valence electrons. The van der Waals surface area contributed by atoms with Crippen molar-refractivity contribution in [2.75, 3.05) is 13.1 Å². The highest BCUT2D eigenvalue weighted by atomic mass is 16.5. The highest BCUT2D eigenvalue weighted by molar-refractivity contribution is 5.95. The van der Waals surface area contributed by atoms with E-state index in [2.05, 4.69) is 4.98 Å². The molecule has 0 saturated carbocycles. The molecule has 0 bridgehead atoms. The average molecular weight is 383 g/mol. The predicted octanol–water partition coefficient (Wildman–Crippen LogP) is 2.29. The van der Waals surface area contributed by atoms with Crippen molar-refractivity contribution in [2.24, 2.45) is 0 Å². The van der Waals surface area contributed by atoms with Crippen molar-refractivity contribution in [1.29, 1.82) is 0 Å². The van der Waals surface area contributed by atoms with Crippen LogP contribution in [0.15, 0.2) is 23.0 Å². The molecular weight excluding hydrogens is 358 g/mol. The van der Waals surface area contributed by atoms with Crippen molar-refractivity contribution < 1.29 is 14.3 Å². The molecule has 1 amide bonds. The second kappa shape index (κ2) is 7.73. The molecule has 0 spiro atoms. The Labute approximate surface area is 163 Å². The van der Waals surface area contributed by atoms with E-state index in [4.69, 9.17) is 4.74 Å². The minimum absolute atomic E-state index is 0.0561. The molecule has 1 saturated heterocycles. The Morgan fingerprint density at radius 2 is 1.82 bits per heavy atom. The number of hydrogen-bond donors (Lipinski definition) is 0. The lowest BCUT2D eigenvalue weighted by atomic mass is 10.1. The number of likely N-dealkylation sites (tertiary alicyclic amines) is 1. The molecule has 7 heteroatoms. The molecule has 0 aliphatic carbocycles. The second-order valence-corrected chi connectivity index (χ2v) is 7.61. The summed E-state index contributed by atoms with van der Waals surface area (Å²) in [7, 11) is 0. The number of carbonyl (C=O) groups excluding carboxylic acids is 2. The van der Waals surface area contributed by atoms with Gasteiger partial charge in [-0.2, -0.15) is 0 Å². The van der Waals surface area contributed by atoms with E-state index in [0.717, 1.165) is 57.4 Å². The number of aryl methyl sites for hydroxylation is 1. The Kier molecular flexibility index (Phi) is 5.15. The first-order valence-electron chi connectivity index (χ1n) is 10.1. The first kappa shape index (κ1) is 18.7. The Hall–Kier alpha value is -2.70. The van der Waals surface area contributed by atoms with Crippen molar-refractivity contribution in [3.8, 4) is 0 Å². The number of rotatable bonds is 3. The van der Waals surface area contributed by atoms with Crippen molar-refractivity contribution in [1.82, 2.24) is 14.5 Å². The van der Waals surface area contributed by atoms with Gasteiger partial charge in [-0.15, -0.1) is 0 Å². The molecule has 28 heavy (non-hydrogen) atoms. The van der Waals surface area contributed by atoms with Crippen LogP contribution in [0.4, 0.5) is 0 Å². The van der Waals surface area contributed by atoms with Crippen LogP contribution < -0.4 is 5.56 Å². The third kappa shape index (κ3) is 3.53. The van der Waals surface area contributed by atoms with Crippen molar-refractivity contribution in [2.45, 2.75) is 58.1 Å². The van der Waals surface area contributed by atoms with Crippen molar-refractivity contribution in [3.05, 3.63) is 39.9 Å². The summed E-state index contributed by atoms with van der Waals surface area (Å²) in [6.45, 7) is 3.73. The molecule has 7 nitrogen and oxygen atoms in total. The normalized spacial score (nSPS) is 17.8. The van der Waals surface area contributed by atoms with Gasteiger partial charge in [0, 0.05) is 26.1 Å². The van der Waals surface area contributed by atoms with E-state index in [0.29, 0.717) is 23.0 Å². The molecule has 1 fully saturated rings. The number of nitrogens with zero attached hydrogens (tertiary/aromatic N) is 3. The summed E-state index contributed by atoms with van der Waals surface area (Å²) >= 11 is 0. The van der Waals surface area contributed by atoms with Gasteiger partial charge >= 0.3 is 5.97 Å². The molecule has 0 unspecified atom stereocenters. The predicted molar refractivity (Wildman–Crippen MR) is 104 cm³/mol. The van der Waals surface area contributed by atoms with Crippen LogP contribution in [0.2, 0.25) is 0 Å². The molecular formula is C21H25N3O4. The van der Waals surface area contributed by atoms with Gasteiger partial charge < -0.3 is 9.64 Å². The number of ether oxygens (including phenoxy) is 1. The monoisotopic (exact) mass is 383 g/mol. The fraction of sp³-hybridized carbons (Fsp3) is 0.524. The zero-order chi connectivity index (χ0) is 19.7. The average Bonchev–Trinajstić information content (AvgIpc) is 3.13. The third-order valence-electron chi connectivity index (χ3n) is 5.60. The van der Waals surface area contributed by atoms with Gasteiger partial charge in [0.15, 0.2) is 6.10 Å². The van der Waals surface area contributed by atoms with Crippen LogP contribution in [0.25, 0.3) is 10.9 Å². The Bertz CT molecular complexity index is 976. The van der Waals surface area contributed by atoms with Crippen LogP contribution >= 0.6 is 0 Å². The third-order valence-corrected chi connectivity index (χ3v) is 5.60. The smallest absolute Gasteiger partial charge is 0.338 e. The number of benzene rings is 1. The van der Waals surface area contributed by atoms with Gasteiger partial charge in [0.1, 0.15) is 5.82 Å². The van der Waals surface area contributed by atoms with Crippen LogP contribution in [0, 0.1) is 0 Å². The first-order chi connectivity index (χ1) is 13.5. The highest BCUT2D eigenvalue weighted by Crippen LogP contribution is 2.18. The summed E-state index contributed by atoms with van der Waals surface area (Å²) < 4.78 is 7.14. The van der Waals surface area contributed by atoms with Gasteiger partial charge in [-0.25, -0.2) is 9.78 Å². The highest BCUT2D eigenvalue weighted by Gasteiger charge is 2.26. The standard InChI is InChI=1S/C21H25N3O4/c1-14(19(25)23-10-5-6-11-23)28-21(27)15-8-9-16-17(13-15)22-18-7-3-2-4-12-24(18)20(16)26/h8-9,13-14H,2-7,10-12H2,1H3/t14-/m0/s1. The number of hydrogen-bond acceptors (Lipinski definition) is 5. The van der Waals surface area contributed by atoms with Gasteiger partial charge in [-0.05, 0) is 50.8 Å². The molecule has 2 aromatic rings. The summed E-state index contributed by atoms with van der Waals surface area (Å²) in [6, 6.07) is 4.80. The molecule has 0 radical (unpaired) electrons. The lowest BCUT2D eigenvalue weighted by Crippen LogP contribution is -2.38. The molecule has 1 atom stereocenters. The molecule has 2 aliphatic rings. The van der Waals surface area contributed by atoms with Gasteiger partial charge in [0.25, 0.3) is 11.5 Å². The maximum atomic E-state index is 12.8. The van der Waals surface area contributed by atoms with Gasteiger partial charge in [0.2, 0.25) is 0 Å². The second-order valence-electron chi connectivity index (χ2n) is 7.61. The van der Waals surface area contributed by atoms with Gasteiger partial charge in [-0.3, -0.25) is 14.2 Å². The minimum atomic E-state index is -0.827. The number of aromatic nitrogens is 2. The molecule has 3 heterocycles. The lowest BCUT2D eigenvalue weighted by Gasteiger charge is -2.20. The fourth-order valence-corrected chi connectivity index (χ4v) is 4.02. The quantitative estimate of drug-likeness (QED) is 0.760. The summed E-state index contributed by atoms with van der Waals surface area (Å²) in [5.74, 6) is 0.0465. The van der Waals surface area contributed by atoms with E-state index in [-0.39, 0.29) is 11.5 Å². The number of esters is 1. The van der Waals surface area contributed by atoms with Crippen LogP contribution in [-0.2, 0) is 22.5 Å².